The number of rotatable bonds is 5. The van der Waals surface area contributed by atoms with E-state index in [-0.39, 0.29) is 23.8 Å². The van der Waals surface area contributed by atoms with E-state index in [2.05, 4.69) is 10.6 Å². The molecule has 0 atom stereocenters. The quantitative estimate of drug-likeness (QED) is 0.514. The van der Waals surface area contributed by atoms with Crippen molar-refractivity contribution in [2.45, 2.75) is 18.9 Å². The fraction of sp³-hybridized carbons (Fsp3) is 0.200. The van der Waals surface area contributed by atoms with E-state index in [1.54, 1.807) is 29.2 Å². The predicted octanol–water partition coefficient (Wildman–Crippen LogP) is 5.38. The lowest BCUT2D eigenvalue weighted by molar-refractivity contribution is -0.117. The SMILES string of the molecule is O=C(/C=C/c1ccc(-c2ccccc2F)s1)NC1CCN(C(=O)Nc2ccccc2)CC1. The van der Waals surface area contributed by atoms with Crippen LogP contribution in [-0.2, 0) is 4.79 Å². The molecule has 3 amide bonds. The first-order valence-corrected chi connectivity index (χ1v) is 11.3. The van der Waals surface area contributed by atoms with Crippen molar-refractivity contribution in [1.82, 2.24) is 10.2 Å². The Morgan fingerprint density at radius 2 is 1.69 bits per heavy atom. The third kappa shape index (κ3) is 5.62. The van der Waals surface area contributed by atoms with E-state index in [0.717, 1.165) is 15.4 Å². The maximum atomic E-state index is 13.9. The highest BCUT2D eigenvalue weighted by atomic mass is 32.1. The molecule has 0 aliphatic carbocycles. The van der Waals surface area contributed by atoms with E-state index < -0.39 is 0 Å². The average molecular weight is 450 g/mol. The van der Waals surface area contributed by atoms with Crippen molar-refractivity contribution < 1.29 is 14.0 Å². The van der Waals surface area contributed by atoms with E-state index in [1.807, 2.05) is 42.5 Å². The molecule has 7 heteroatoms. The van der Waals surface area contributed by atoms with Crippen LogP contribution in [-0.4, -0.2) is 36.0 Å². The molecule has 0 spiro atoms. The second-order valence-electron chi connectivity index (χ2n) is 7.58. The van der Waals surface area contributed by atoms with Gasteiger partial charge in [-0.1, -0.05) is 36.4 Å². The summed E-state index contributed by atoms with van der Waals surface area (Å²) in [5.74, 6) is -0.426. The summed E-state index contributed by atoms with van der Waals surface area (Å²) in [6, 6.07) is 19.7. The Morgan fingerprint density at radius 3 is 2.44 bits per heavy atom. The first kappa shape index (κ1) is 21.8. The van der Waals surface area contributed by atoms with Crippen LogP contribution in [0.4, 0.5) is 14.9 Å². The minimum atomic E-state index is -0.258. The average Bonchev–Trinajstić information content (AvgIpc) is 3.28. The smallest absolute Gasteiger partial charge is 0.321 e. The number of halogens is 1. The summed E-state index contributed by atoms with van der Waals surface area (Å²) in [6.07, 6.45) is 4.66. The number of thiophene rings is 1. The van der Waals surface area contributed by atoms with Gasteiger partial charge in [0.15, 0.2) is 0 Å². The molecule has 1 aromatic heterocycles. The standard InChI is InChI=1S/C25H24FN3O2S/c26-22-9-5-4-8-21(22)23-12-10-20(32-23)11-13-24(30)27-19-14-16-29(17-15-19)25(31)28-18-6-2-1-3-7-18/h1-13,19H,14-17H2,(H,27,30)(H,28,31)/b13-11+. The summed E-state index contributed by atoms with van der Waals surface area (Å²) in [4.78, 5) is 28.2. The van der Waals surface area contributed by atoms with Crippen LogP contribution in [0.25, 0.3) is 16.5 Å². The van der Waals surface area contributed by atoms with Crippen molar-refractivity contribution in [3.63, 3.8) is 0 Å². The van der Waals surface area contributed by atoms with Crippen LogP contribution < -0.4 is 10.6 Å². The molecule has 4 rings (SSSR count). The first-order chi connectivity index (χ1) is 15.6. The Bertz CT molecular complexity index is 1110. The molecule has 164 valence electrons. The van der Waals surface area contributed by atoms with Gasteiger partial charge in [0.1, 0.15) is 5.82 Å². The molecule has 0 bridgehead atoms. The van der Waals surface area contributed by atoms with Gasteiger partial charge >= 0.3 is 6.03 Å². The lowest BCUT2D eigenvalue weighted by atomic mass is 10.1. The topological polar surface area (TPSA) is 61.4 Å². The molecule has 1 fully saturated rings. The van der Waals surface area contributed by atoms with Gasteiger partial charge in [-0.3, -0.25) is 4.79 Å². The van der Waals surface area contributed by atoms with E-state index in [1.165, 1.54) is 23.5 Å². The second kappa shape index (κ2) is 10.2. The zero-order valence-corrected chi connectivity index (χ0v) is 18.3. The van der Waals surface area contributed by atoms with Gasteiger partial charge in [-0.05, 0) is 49.2 Å². The van der Waals surface area contributed by atoms with Gasteiger partial charge in [-0.15, -0.1) is 11.3 Å². The summed E-state index contributed by atoms with van der Waals surface area (Å²) in [6.45, 7) is 1.18. The van der Waals surface area contributed by atoms with Crippen LogP contribution >= 0.6 is 11.3 Å². The fourth-order valence-corrected chi connectivity index (χ4v) is 4.54. The number of anilines is 1. The van der Waals surface area contributed by atoms with E-state index in [0.29, 0.717) is 31.5 Å². The number of hydrogen-bond acceptors (Lipinski definition) is 3. The lowest BCUT2D eigenvalue weighted by Gasteiger charge is -2.32. The molecular weight excluding hydrogens is 425 g/mol. The largest absolute Gasteiger partial charge is 0.350 e. The van der Waals surface area contributed by atoms with Crippen LogP contribution in [0.2, 0.25) is 0 Å². The van der Waals surface area contributed by atoms with Crippen molar-refractivity contribution in [3.05, 3.63) is 83.5 Å². The highest BCUT2D eigenvalue weighted by Crippen LogP contribution is 2.30. The molecule has 0 saturated carbocycles. The van der Waals surface area contributed by atoms with Gasteiger partial charge in [-0.2, -0.15) is 0 Å². The molecule has 3 aromatic rings. The van der Waals surface area contributed by atoms with Gasteiger partial charge in [0.2, 0.25) is 5.91 Å². The zero-order valence-electron chi connectivity index (χ0n) is 17.5. The molecule has 2 aromatic carbocycles. The molecule has 0 unspecified atom stereocenters. The Labute approximate surface area is 190 Å². The number of carbonyl (C=O) groups is 2. The maximum absolute atomic E-state index is 13.9. The van der Waals surface area contributed by atoms with Gasteiger partial charge in [0.05, 0.1) is 0 Å². The Balaban J connectivity index is 1.24. The van der Waals surface area contributed by atoms with E-state index in [9.17, 15) is 14.0 Å². The summed E-state index contributed by atoms with van der Waals surface area (Å²) >= 11 is 1.43. The van der Waals surface area contributed by atoms with Crippen LogP contribution in [0.3, 0.4) is 0 Å². The predicted molar refractivity (Wildman–Crippen MR) is 127 cm³/mol. The lowest BCUT2D eigenvalue weighted by Crippen LogP contribution is -2.47. The van der Waals surface area contributed by atoms with Crippen molar-refractivity contribution >= 4 is 35.0 Å². The zero-order chi connectivity index (χ0) is 22.3. The Hall–Kier alpha value is -3.45. The van der Waals surface area contributed by atoms with Crippen molar-refractivity contribution in [1.29, 1.82) is 0 Å². The summed E-state index contributed by atoms with van der Waals surface area (Å²) in [5, 5.41) is 5.90. The third-order valence-electron chi connectivity index (χ3n) is 5.32. The van der Waals surface area contributed by atoms with E-state index in [4.69, 9.17) is 0 Å². The van der Waals surface area contributed by atoms with Crippen LogP contribution in [0.1, 0.15) is 17.7 Å². The third-order valence-corrected chi connectivity index (χ3v) is 6.40. The first-order valence-electron chi connectivity index (χ1n) is 10.5. The van der Waals surface area contributed by atoms with Crippen molar-refractivity contribution in [2.75, 3.05) is 18.4 Å². The van der Waals surface area contributed by atoms with Gasteiger partial charge in [-0.25, -0.2) is 9.18 Å². The highest BCUT2D eigenvalue weighted by Gasteiger charge is 2.23. The van der Waals surface area contributed by atoms with E-state index >= 15 is 0 Å². The van der Waals surface area contributed by atoms with Gasteiger partial charge in [0.25, 0.3) is 0 Å². The number of likely N-dealkylation sites (tertiary alicyclic amines) is 1. The molecule has 1 aliphatic heterocycles. The molecule has 1 saturated heterocycles. The molecular formula is C25H24FN3O2S. The van der Waals surface area contributed by atoms with Crippen LogP contribution in [0.15, 0.2) is 72.8 Å². The van der Waals surface area contributed by atoms with Crippen LogP contribution in [0.5, 0.6) is 0 Å². The highest BCUT2D eigenvalue weighted by molar-refractivity contribution is 7.16. The molecule has 2 heterocycles. The summed E-state index contributed by atoms with van der Waals surface area (Å²) < 4.78 is 13.9. The number of para-hydroxylation sites is 1. The second-order valence-corrected chi connectivity index (χ2v) is 8.70. The number of piperidine rings is 1. The summed E-state index contributed by atoms with van der Waals surface area (Å²) in [7, 11) is 0. The van der Waals surface area contributed by atoms with Gasteiger partial charge in [0, 0.05) is 46.2 Å². The maximum Gasteiger partial charge on any atom is 0.321 e. The number of benzene rings is 2. The fourth-order valence-electron chi connectivity index (χ4n) is 3.61. The van der Waals surface area contributed by atoms with Crippen LogP contribution in [0, 0.1) is 5.82 Å². The number of urea groups is 1. The molecule has 2 N–H and O–H groups in total. The number of nitrogens with zero attached hydrogens (tertiary/aromatic N) is 1. The number of hydrogen-bond donors (Lipinski definition) is 2. The molecule has 1 aliphatic rings. The van der Waals surface area contributed by atoms with Crippen molar-refractivity contribution in [3.8, 4) is 10.4 Å². The monoisotopic (exact) mass is 449 g/mol. The Morgan fingerprint density at radius 1 is 0.969 bits per heavy atom. The number of amides is 3. The van der Waals surface area contributed by atoms with Gasteiger partial charge < -0.3 is 15.5 Å². The number of nitrogens with one attached hydrogen (secondary N) is 2. The molecule has 32 heavy (non-hydrogen) atoms. The minimum Gasteiger partial charge on any atom is -0.350 e. The normalized spacial score (nSPS) is 14.5. The molecule has 5 nitrogen and oxygen atoms in total. The minimum absolute atomic E-state index is 0.0326. The van der Waals surface area contributed by atoms with Crippen molar-refractivity contribution in [2.24, 2.45) is 0 Å². The Kier molecular flexibility index (Phi) is 6.97. The summed E-state index contributed by atoms with van der Waals surface area (Å²) in [5.41, 5.74) is 1.33. The number of carbonyl (C=O) groups excluding carboxylic acids is 2. The molecule has 0 radical (unpaired) electrons.